The summed E-state index contributed by atoms with van der Waals surface area (Å²) in [4.78, 5) is 0. The number of aliphatic hydroxyl groups is 1. The van der Waals surface area contributed by atoms with Gasteiger partial charge in [-0.1, -0.05) is 57.0 Å². The summed E-state index contributed by atoms with van der Waals surface area (Å²) < 4.78 is 0. The molecule has 0 amide bonds. The second-order valence-electron chi connectivity index (χ2n) is 6.41. The van der Waals surface area contributed by atoms with Gasteiger partial charge in [0.15, 0.2) is 0 Å². The summed E-state index contributed by atoms with van der Waals surface area (Å²) in [5.74, 6) is 0.649. The Bertz CT molecular complexity index is 368. The average molecular weight is 261 g/mol. The number of benzene rings is 1. The van der Waals surface area contributed by atoms with Crippen LogP contribution in [0.5, 0.6) is 0 Å². The summed E-state index contributed by atoms with van der Waals surface area (Å²) >= 11 is 0. The SMILES string of the molecule is CC(C)CC(NCC1(O)CCCC1)c1ccccc1. The topological polar surface area (TPSA) is 32.3 Å². The van der Waals surface area contributed by atoms with Crippen LogP contribution in [0.4, 0.5) is 0 Å². The molecule has 1 aliphatic rings. The van der Waals surface area contributed by atoms with E-state index in [2.05, 4.69) is 49.5 Å². The van der Waals surface area contributed by atoms with Crippen molar-refractivity contribution in [2.24, 2.45) is 5.92 Å². The standard InChI is InChI=1S/C17H27NO/c1-14(2)12-16(15-8-4-3-5-9-15)18-13-17(19)10-6-7-11-17/h3-5,8-9,14,16,18-19H,6-7,10-13H2,1-2H3. The molecule has 1 aliphatic carbocycles. The van der Waals surface area contributed by atoms with Crippen molar-refractivity contribution in [1.29, 1.82) is 0 Å². The van der Waals surface area contributed by atoms with Crippen LogP contribution in [0.1, 0.15) is 57.6 Å². The number of rotatable bonds is 6. The Morgan fingerprint density at radius 3 is 2.37 bits per heavy atom. The van der Waals surface area contributed by atoms with E-state index < -0.39 is 5.60 Å². The molecule has 2 rings (SSSR count). The van der Waals surface area contributed by atoms with Crippen LogP contribution >= 0.6 is 0 Å². The van der Waals surface area contributed by atoms with Gasteiger partial charge in [-0.15, -0.1) is 0 Å². The first-order valence-electron chi connectivity index (χ1n) is 7.60. The first kappa shape index (κ1) is 14.5. The lowest BCUT2D eigenvalue weighted by Gasteiger charge is -2.28. The maximum absolute atomic E-state index is 10.5. The molecule has 2 nitrogen and oxygen atoms in total. The highest BCUT2D eigenvalue weighted by Crippen LogP contribution is 2.30. The first-order chi connectivity index (χ1) is 9.09. The molecule has 2 heteroatoms. The zero-order valence-corrected chi connectivity index (χ0v) is 12.2. The normalized spacial score (nSPS) is 19.8. The quantitative estimate of drug-likeness (QED) is 0.819. The highest BCUT2D eigenvalue weighted by Gasteiger charge is 2.31. The van der Waals surface area contributed by atoms with Crippen LogP contribution < -0.4 is 5.32 Å². The van der Waals surface area contributed by atoms with Gasteiger partial charge in [-0.2, -0.15) is 0 Å². The van der Waals surface area contributed by atoms with E-state index in [-0.39, 0.29) is 0 Å². The fourth-order valence-electron chi connectivity index (χ4n) is 3.02. The molecule has 0 radical (unpaired) electrons. The second-order valence-corrected chi connectivity index (χ2v) is 6.41. The minimum atomic E-state index is -0.468. The lowest BCUT2D eigenvalue weighted by atomic mass is 9.95. The highest BCUT2D eigenvalue weighted by molar-refractivity contribution is 5.19. The third-order valence-corrected chi connectivity index (χ3v) is 4.12. The zero-order chi connectivity index (χ0) is 13.7. The van der Waals surface area contributed by atoms with Crippen LogP contribution in [0.2, 0.25) is 0 Å². The van der Waals surface area contributed by atoms with E-state index in [0.717, 1.165) is 25.8 Å². The molecule has 106 valence electrons. The lowest BCUT2D eigenvalue weighted by molar-refractivity contribution is 0.0440. The van der Waals surface area contributed by atoms with Crippen molar-refractivity contribution in [2.75, 3.05) is 6.54 Å². The average Bonchev–Trinajstić information content (AvgIpc) is 2.83. The van der Waals surface area contributed by atoms with Gasteiger partial charge in [0.1, 0.15) is 0 Å². The monoisotopic (exact) mass is 261 g/mol. The molecular weight excluding hydrogens is 234 g/mol. The number of hydrogen-bond acceptors (Lipinski definition) is 2. The van der Waals surface area contributed by atoms with E-state index in [0.29, 0.717) is 12.0 Å². The van der Waals surface area contributed by atoms with Crippen molar-refractivity contribution in [3.05, 3.63) is 35.9 Å². The van der Waals surface area contributed by atoms with Crippen LogP contribution in [0, 0.1) is 5.92 Å². The number of hydrogen-bond donors (Lipinski definition) is 2. The van der Waals surface area contributed by atoms with Crippen LogP contribution in [0.15, 0.2) is 30.3 Å². The van der Waals surface area contributed by atoms with Crippen LogP contribution in [0.3, 0.4) is 0 Å². The smallest absolute Gasteiger partial charge is 0.0771 e. The van der Waals surface area contributed by atoms with E-state index in [1.165, 1.54) is 18.4 Å². The van der Waals surface area contributed by atoms with Gasteiger partial charge in [0, 0.05) is 12.6 Å². The minimum Gasteiger partial charge on any atom is -0.389 e. The van der Waals surface area contributed by atoms with Crippen molar-refractivity contribution in [3.63, 3.8) is 0 Å². The molecule has 0 aliphatic heterocycles. The second kappa shape index (κ2) is 6.53. The van der Waals surface area contributed by atoms with E-state index in [1.54, 1.807) is 0 Å². The van der Waals surface area contributed by atoms with Crippen molar-refractivity contribution in [3.8, 4) is 0 Å². The molecule has 0 aromatic heterocycles. The maximum atomic E-state index is 10.5. The molecule has 1 fully saturated rings. The molecule has 1 aromatic carbocycles. The Balaban J connectivity index is 1.98. The van der Waals surface area contributed by atoms with Gasteiger partial charge >= 0.3 is 0 Å². The molecule has 0 heterocycles. The van der Waals surface area contributed by atoms with Crippen molar-refractivity contribution in [2.45, 2.75) is 57.6 Å². The molecule has 19 heavy (non-hydrogen) atoms. The van der Waals surface area contributed by atoms with Crippen LogP contribution in [-0.4, -0.2) is 17.3 Å². The fourth-order valence-corrected chi connectivity index (χ4v) is 3.02. The summed E-state index contributed by atoms with van der Waals surface area (Å²) in [5, 5.41) is 14.1. The van der Waals surface area contributed by atoms with Gasteiger partial charge in [-0.3, -0.25) is 0 Å². The van der Waals surface area contributed by atoms with Gasteiger partial charge in [-0.05, 0) is 30.7 Å². The molecule has 1 aromatic rings. The van der Waals surface area contributed by atoms with Crippen LogP contribution in [-0.2, 0) is 0 Å². The molecule has 1 saturated carbocycles. The molecular formula is C17H27NO. The number of nitrogens with one attached hydrogen (secondary N) is 1. The Morgan fingerprint density at radius 2 is 1.79 bits per heavy atom. The van der Waals surface area contributed by atoms with E-state index >= 15 is 0 Å². The van der Waals surface area contributed by atoms with E-state index in [1.807, 2.05) is 0 Å². The summed E-state index contributed by atoms with van der Waals surface area (Å²) in [6.07, 6.45) is 5.34. The summed E-state index contributed by atoms with van der Waals surface area (Å²) in [5.41, 5.74) is 0.863. The predicted octanol–water partition coefficient (Wildman–Crippen LogP) is 3.67. The molecule has 2 N–H and O–H groups in total. The van der Waals surface area contributed by atoms with Crippen LogP contribution in [0.25, 0.3) is 0 Å². The highest BCUT2D eigenvalue weighted by atomic mass is 16.3. The van der Waals surface area contributed by atoms with Crippen molar-refractivity contribution >= 4 is 0 Å². The van der Waals surface area contributed by atoms with Gasteiger partial charge < -0.3 is 10.4 Å². The molecule has 1 atom stereocenters. The predicted molar refractivity (Wildman–Crippen MR) is 80.1 cm³/mol. The molecule has 0 spiro atoms. The van der Waals surface area contributed by atoms with Gasteiger partial charge in [-0.25, -0.2) is 0 Å². The van der Waals surface area contributed by atoms with Gasteiger partial charge in [0.25, 0.3) is 0 Å². The molecule has 0 bridgehead atoms. The zero-order valence-electron chi connectivity index (χ0n) is 12.2. The van der Waals surface area contributed by atoms with Crippen molar-refractivity contribution in [1.82, 2.24) is 5.32 Å². The fraction of sp³-hybridized carbons (Fsp3) is 0.647. The Morgan fingerprint density at radius 1 is 1.16 bits per heavy atom. The first-order valence-corrected chi connectivity index (χ1v) is 7.60. The minimum absolute atomic E-state index is 0.353. The Labute approximate surface area is 117 Å². The Kier molecular flexibility index (Phi) is 5.00. The Hall–Kier alpha value is -0.860. The summed E-state index contributed by atoms with van der Waals surface area (Å²) in [7, 11) is 0. The van der Waals surface area contributed by atoms with Gasteiger partial charge in [0.2, 0.25) is 0 Å². The van der Waals surface area contributed by atoms with Gasteiger partial charge in [0.05, 0.1) is 5.60 Å². The third kappa shape index (κ3) is 4.32. The molecule has 0 saturated heterocycles. The van der Waals surface area contributed by atoms with Crippen molar-refractivity contribution < 1.29 is 5.11 Å². The largest absolute Gasteiger partial charge is 0.389 e. The van der Waals surface area contributed by atoms with E-state index in [4.69, 9.17) is 0 Å². The molecule has 1 unspecified atom stereocenters. The lowest BCUT2D eigenvalue weighted by Crippen LogP contribution is -2.40. The van der Waals surface area contributed by atoms with E-state index in [9.17, 15) is 5.11 Å². The third-order valence-electron chi connectivity index (χ3n) is 4.12. The maximum Gasteiger partial charge on any atom is 0.0771 e. The summed E-state index contributed by atoms with van der Waals surface area (Å²) in [6.45, 7) is 5.23. The summed E-state index contributed by atoms with van der Waals surface area (Å²) in [6, 6.07) is 11.0.